The second-order valence-corrected chi connectivity index (χ2v) is 5.96. The molecule has 7 heteroatoms. The number of H-pyrrole nitrogens is 1. The molecule has 3 aromatic rings. The first-order valence-electron chi connectivity index (χ1n) is 8.38. The molecule has 130 valence electrons. The zero-order valence-corrected chi connectivity index (χ0v) is 14.1. The van der Waals surface area contributed by atoms with Gasteiger partial charge in [-0.3, -0.25) is 9.59 Å². The SMILES string of the molecule is CCC(Cn1ccnc1)NC(=O)CCc1nc2ccccc2[nH]c1=O. The highest BCUT2D eigenvalue weighted by atomic mass is 16.1. The number of amides is 1. The van der Waals surface area contributed by atoms with Gasteiger partial charge in [0.05, 0.1) is 17.4 Å². The van der Waals surface area contributed by atoms with Crippen molar-refractivity contribution in [3.63, 3.8) is 0 Å². The number of aryl methyl sites for hydroxylation is 1. The number of carbonyl (C=O) groups is 1. The molecule has 2 N–H and O–H groups in total. The van der Waals surface area contributed by atoms with Crippen LogP contribution in [0, 0.1) is 0 Å². The first kappa shape index (κ1) is 16.9. The maximum absolute atomic E-state index is 12.2. The molecule has 1 aromatic carbocycles. The fourth-order valence-corrected chi connectivity index (χ4v) is 2.69. The maximum Gasteiger partial charge on any atom is 0.270 e. The lowest BCUT2D eigenvalue weighted by atomic mass is 10.2. The third-order valence-corrected chi connectivity index (χ3v) is 4.11. The smallest absolute Gasteiger partial charge is 0.270 e. The summed E-state index contributed by atoms with van der Waals surface area (Å²) in [6.45, 7) is 2.70. The van der Waals surface area contributed by atoms with Crippen LogP contribution in [0.15, 0.2) is 47.8 Å². The molecule has 0 saturated carbocycles. The van der Waals surface area contributed by atoms with Gasteiger partial charge in [0, 0.05) is 37.8 Å². The van der Waals surface area contributed by atoms with Gasteiger partial charge in [-0.05, 0) is 18.6 Å². The van der Waals surface area contributed by atoms with E-state index in [1.54, 1.807) is 12.5 Å². The topological polar surface area (TPSA) is 92.7 Å². The van der Waals surface area contributed by atoms with Crippen molar-refractivity contribution in [1.29, 1.82) is 0 Å². The van der Waals surface area contributed by atoms with E-state index < -0.39 is 0 Å². The van der Waals surface area contributed by atoms with Crippen molar-refractivity contribution >= 4 is 16.9 Å². The van der Waals surface area contributed by atoms with Gasteiger partial charge >= 0.3 is 0 Å². The molecule has 7 nitrogen and oxygen atoms in total. The number of nitrogens with one attached hydrogen (secondary N) is 2. The lowest BCUT2D eigenvalue weighted by Crippen LogP contribution is -2.37. The molecular weight excluding hydrogens is 318 g/mol. The first-order valence-corrected chi connectivity index (χ1v) is 8.38. The number of benzene rings is 1. The molecule has 2 heterocycles. The van der Waals surface area contributed by atoms with Crippen LogP contribution >= 0.6 is 0 Å². The fraction of sp³-hybridized carbons (Fsp3) is 0.333. The van der Waals surface area contributed by atoms with Crippen molar-refractivity contribution in [3.8, 4) is 0 Å². The largest absolute Gasteiger partial charge is 0.352 e. The quantitative estimate of drug-likeness (QED) is 0.684. The molecule has 0 bridgehead atoms. The van der Waals surface area contributed by atoms with Crippen molar-refractivity contribution in [1.82, 2.24) is 24.8 Å². The number of aromatic nitrogens is 4. The van der Waals surface area contributed by atoms with Crippen molar-refractivity contribution < 1.29 is 4.79 Å². The van der Waals surface area contributed by atoms with Crippen LogP contribution in [0.1, 0.15) is 25.5 Å². The van der Waals surface area contributed by atoms with Crippen LogP contribution in [0.4, 0.5) is 0 Å². The molecule has 0 aliphatic carbocycles. The highest BCUT2D eigenvalue weighted by molar-refractivity contribution is 5.77. The second kappa shape index (κ2) is 7.74. The van der Waals surface area contributed by atoms with E-state index in [4.69, 9.17) is 0 Å². The van der Waals surface area contributed by atoms with Gasteiger partial charge in [0.25, 0.3) is 5.56 Å². The van der Waals surface area contributed by atoms with E-state index in [9.17, 15) is 9.59 Å². The number of para-hydroxylation sites is 2. The van der Waals surface area contributed by atoms with Crippen LogP contribution in [0.2, 0.25) is 0 Å². The summed E-state index contributed by atoms with van der Waals surface area (Å²) >= 11 is 0. The van der Waals surface area contributed by atoms with E-state index in [0.29, 0.717) is 24.2 Å². The molecule has 25 heavy (non-hydrogen) atoms. The molecule has 3 rings (SSSR count). The number of rotatable bonds is 7. The Morgan fingerprint density at radius 2 is 2.20 bits per heavy atom. The molecule has 0 fully saturated rings. The van der Waals surface area contributed by atoms with Crippen LogP contribution in [-0.2, 0) is 17.8 Å². The summed E-state index contributed by atoms with van der Waals surface area (Å²) in [5.74, 6) is -0.0821. The lowest BCUT2D eigenvalue weighted by Gasteiger charge is -2.17. The van der Waals surface area contributed by atoms with Gasteiger partial charge in [0.1, 0.15) is 5.69 Å². The summed E-state index contributed by atoms with van der Waals surface area (Å²) in [5, 5.41) is 3.00. The number of carbonyl (C=O) groups excluding carboxylic acids is 1. The molecule has 0 spiro atoms. The molecule has 0 saturated heterocycles. The van der Waals surface area contributed by atoms with E-state index >= 15 is 0 Å². The number of fused-ring (bicyclic) bond motifs is 1. The molecular formula is C18H21N5O2. The van der Waals surface area contributed by atoms with Gasteiger partial charge in [-0.15, -0.1) is 0 Å². The summed E-state index contributed by atoms with van der Waals surface area (Å²) in [5.41, 5.74) is 1.57. The maximum atomic E-state index is 12.2. The van der Waals surface area contributed by atoms with E-state index in [1.807, 2.05) is 42.0 Å². The average molecular weight is 339 g/mol. The summed E-state index contributed by atoms with van der Waals surface area (Å²) in [6, 6.07) is 7.39. The molecule has 1 unspecified atom stereocenters. The Bertz CT molecular complexity index is 901. The Morgan fingerprint density at radius 1 is 1.36 bits per heavy atom. The summed E-state index contributed by atoms with van der Waals surface area (Å²) in [4.78, 5) is 35.5. The molecule has 2 aromatic heterocycles. The Kier molecular flexibility index (Phi) is 5.23. The zero-order valence-electron chi connectivity index (χ0n) is 14.1. The average Bonchev–Trinajstić information content (AvgIpc) is 3.12. The fourth-order valence-electron chi connectivity index (χ4n) is 2.69. The minimum atomic E-state index is -0.239. The molecule has 0 aliphatic heterocycles. The Balaban J connectivity index is 1.60. The third kappa shape index (κ3) is 4.32. The number of nitrogens with zero attached hydrogens (tertiary/aromatic N) is 3. The Morgan fingerprint density at radius 3 is 2.96 bits per heavy atom. The summed E-state index contributed by atoms with van der Waals surface area (Å²) in [7, 11) is 0. The third-order valence-electron chi connectivity index (χ3n) is 4.11. The Labute approximate surface area is 145 Å². The monoisotopic (exact) mass is 339 g/mol. The number of imidazole rings is 1. The van der Waals surface area contributed by atoms with Gasteiger partial charge in [-0.2, -0.15) is 0 Å². The van der Waals surface area contributed by atoms with E-state index in [0.717, 1.165) is 11.9 Å². The van der Waals surface area contributed by atoms with Crippen LogP contribution in [0.3, 0.4) is 0 Å². The van der Waals surface area contributed by atoms with E-state index in [2.05, 4.69) is 20.3 Å². The normalized spacial score (nSPS) is 12.2. The standard InChI is InChI=1S/C18H21N5O2/c1-2-13(11-23-10-9-19-12-23)20-17(24)8-7-16-18(25)22-15-6-4-3-5-14(15)21-16/h3-6,9-10,12-13H,2,7-8,11H2,1H3,(H,20,24)(H,22,25). The highest BCUT2D eigenvalue weighted by Crippen LogP contribution is 2.07. The number of hydrogen-bond acceptors (Lipinski definition) is 4. The van der Waals surface area contributed by atoms with Gasteiger partial charge in [-0.25, -0.2) is 9.97 Å². The second-order valence-electron chi connectivity index (χ2n) is 5.96. The summed E-state index contributed by atoms with van der Waals surface area (Å²) in [6.07, 6.45) is 6.67. The molecule has 1 amide bonds. The first-order chi connectivity index (χ1) is 12.2. The van der Waals surface area contributed by atoms with Crippen LogP contribution in [0.5, 0.6) is 0 Å². The van der Waals surface area contributed by atoms with E-state index in [1.165, 1.54) is 0 Å². The van der Waals surface area contributed by atoms with E-state index in [-0.39, 0.29) is 23.9 Å². The molecule has 0 aliphatic rings. The van der Waals surface area contributed by atoms with Crippen molar-refractivity contribution in [2.75, 3.05) is 0 Å². The molecule has 0 radical (unpaired) electrons. The lowest BCUT2D eigenvalue weighted by molar-refractivity contribution is -0.121. The van der Waals surface area contributed by atoms with Crippen molar-refractivity contribution in [2.45, 2.75) is 38.8 Å². The minimum absolute atomic E-state index is 0.0320. The van der Waals surface area contributed by atoms with Gasteiger partial charge < -0.3 is 14.9 Å². The van der Waals surface area contributed by atoms with Gasteiger partial charge in [-0.1, -0.05) is 19.1 Å². The van der Waals surface area contributed by atoms with Crippen LogP contribution < -0.4 is 10.9 Å². The highest BCUT2D eigenvalue weighted by Gasteiger charge is 2.13. The van der Waals surface area contributed by atoms with Gasteiger partial charge in [0.15, 0.2) is 0 Å². The number of hydrogen-bond donors (Lipinski definition) is 2. The predicted octanol–water partition coefficient (Wildman–Crippen LogP) is 1.65. The van der Waals surface area contributed by atoms with Crippen molar-refractivity contribution in [3.05, 3.63) is 59.0 Å². The summed E-state index contributed by atoms with van der Waals surface area (Å²) < 4.78 is 1.93. The predicted molar refractivity (Wildman–Crippen MR) is 95.1 cm³/mol. The Hall–Kier alpha value is -2.96. The van der Waals surface area contributed by atoms with Crippen LogP contribution in [-0.4, -0.2) is 31.5 Å². The minimum Gasteiger partial charge on any atom is -0.352 e. The zero-order chi connectivity index (χ0) is 17.6. The number of aromatic amines is 1. The van der Waals surface area contributed by atoms with Crippen LogP contribution in [0.25, 0.3) is 11.0 Å². The van der Waals surface area contributed by atoms with Gasteiger partial charge in [0.2, 0.25) is 5.91 Å². The van der Waals surface area contributed by atoms with Crippen molar-refractivity contribution in [2.24, 2.45) is 0 Å². The molecule has 1 atom stereocenters.